The summed E-state index contributed by atoms with van der Waals surface area (Å²) in [4.78, 5) is 2.62. The molecule has 0 spiro atoms. The summed E-state index contributed by atoms with van der Waals surface area (Å²) < 4.78 is 8.73. The van der Waals surface area contributed by atoms with E-state index < -0.39 is 0 Å². The van der Waals surface area contributed by atoms with Gasteiger partial charge in [0.05, 0.1) is 13.2 Å². The molecule has 0 radical (unpaired) electrons. The van der Waals surface area contributed by atoms with Gasteiger partial charge < -0.3 is 4.74 Å². The second-order valence-electron chi connectivity index (χ2n) is 4.26. The van der Waals surface area contributed by atoms with Gasteiger partial charge in [-0.1, -0.05) is 0 Å². The zero-order valence-corrected chi connectivity index (χ0v) is 10.7. The third kappa shape index (κ3) is 2.81. The molecular formula is C10H19IN2O. The fraction of sp³-hybridized carbons (Fsp3) is 1.00. The van der Waals surface area contributed by atoms with Crippen LogP contribution >= 0.6 is 22.9 Å². The van der Waals surface area contributed by atoms with Crippen LogP contribution in [0.2, 0.25) is 0 Å². The molecule has 4 heteroatoms. The maximum Gasteiger partial charge on any atom is 0.0594 e. The van der Waals surface area contributed by atoms with Crippen molar-refractivity contribution in [2.45, 2.75) is 37.8 Å². The molecule has 0 aromatic carbocycles. The molecule has 0 unspecified atom stereocenters. The average molecular weight is 310 g/mol. The van der Waals surface area contributed by atoms with Crippen LogP contribution in [-0.4, -0.2) is 43.3 Å². The highest BCUT2D eigenvalue weighted by atomic mass is 127. The van der Waals surface area contributed by atoms with Crippen LogP contribution in [0.5, 0.6) is 0 Å². The zero-order chi connectivity index (χ0) is 9.80. The third-order valence-electron chi connectivity index (χ3n) is 3.41. The second-order valence-corrected chi connectivity index (χ2v) is 4.89. The molecular weight excluding hydrogens is 291 g/mol. The Hall–Kier alpha value is 0.610. The quantitative estimate of drug-likeness (QED) is 0.619. The molecule has 82 valence electrons. The molecule has 1 saturated heterocycles. The number of morpholine rings is 1. The van der Waals surface area contributed by atoms with Gasteiger partial charge in [-0.15, -0.1) is 0 Å². The molecule has 1 saturated carbocycles. The van der Waals surface area contributed by atoms with Crippen molar-refractivity contribution in [3.8, 4) is 0 Å². The number of nitrogens with one attached hydrogen (secondary N) is 1. The topological polar surface area (TPSA) is 24.5 Å². The molecule has 0 aromatic heterocycles. The number of rotatable bonds is 2. The van der Waals surface area contributed by atoms with E-state index in [0.717, 1.165) is 38.4 Å². The Bertz CT molecular complexity index is 166. The molecule has 3 nitrogen and oxygen atoms in total. The largest absolute Gasteiger partial charge is 0.379 e. The highest BCUT2D eigenvalue weighted by Crippen LogP contribution is 2.24. The van der Waals surface area contributed by atoms with Gasteiger partial charge in [-0.2, -0.15) is 0 Å². The molecule has 1 heterocycles. The lowest BCUT2D eigenvalue weighted by molar-refractivity contribution is 0.00728. The highest BCUT2D eigenvalue weighted by molar-refractivity contribution is 14.1. The third-order valence-corrected chi connectivity index (χ3v) is 4.29. The van der Waals surface area contributed by atoms with Gasteiger partial charge in [0.15, 0.2) is 0 Å². The van der Waals surface area contributed by atoms with Crippen molar-refractivity contribution in [1.82, 2.24) is 8.43 Å². The van der Waals surface area contributed by atoms with E-state index in [-0.39, 0.29) is 0 Å². The molecule has 2 fully saturated rings. The van der Waals surface area contributed by atoms with Crippen LogP contribution < -0.4 is 3.53 Å². The Morgan fingerprint density at radius 2 is 1.71 bits per heavy atom. The van der Waals surface area contributed by atoms with Crippen molar-refractivity contribution in [3.63, 3.8) is 0 Å². The van der Waals surface area contributed by atoms with Crippen LogP contribution in [0.15, 0.2) is 0 Å². The predicted octanol–water partition coefficient (Wildman–Crippen LogP) is 1.57. The van der Waals surface area contributed by atoms with Crippen molar-refractivity contribution in [2.75, 3.05) is 26.3 Å². The first-order valence-corrected chi connectivity index (χ1v) is 6.66. The summed E-state index contributed by atoms with van der Waals surface area (Å²) in [6.07, 6.45) is 5.40. The maximum absolute atomic E-state index is 5.38. The Kier molecular flexibility index (Phi) is 4.46. The van der Waals surface area contributed by atoms with Crippen LogP contribution in [-0.2, 0) is 4.74 Å². The van der Waals surface area contributed by atoms with Crippen molar-refractivity contribution in [2.24, 2.45) is 0 Å². The monoisotopic (exact) mass is 310 g/mol. The number of hydrogen-bond acceptors (Lipinski definition) is 3. The van der Waals surface area contributed by atoms with E-state index in [2.05, 4.69) is 31.3 Å². The van der Waals surface area contributed by atoms with Gasteiger partial charge in [-0.05, 0) is 25.7 Å². The van der Waals surface area contributed by atoms with Gasteiger partial charge in [0.25, 0.3) is 0 Å². The van der Waals surface area contributed by atoms with Crippen LogP contribution in [0.4, 0.5) is 0 Å². The van der Waals surface area contributed by atoms with Gasteiger partial charge in [0.1, 0.15) is 0 Å². The minimum atomic E-state index is 0.757. The zero-order valence-electron chi connectivity index (χ0n) is 8.54. The lowest BCUT2D eigenvalue weighted by Gasteiger charge is -2.38. The summed E-state index contributed by atoms with van der Waals surface area (Å²) >= 11 is 2.28. The van der Waals surface area contributed by atoms with Gasteiger partial charge >= 0.3 is 0 Å². The molecule has 1 N–H and O–H groups in total. The molecule has 0 atom stereocenters. The van der Waals surface area contributed by atoms with E-state index in [1.165, 1.54) is 25.7 Å². The maximum atomic E-state index is 5.38. The molecule has 0 bridgehead atoms. The normalized spacial score (nSPS) is 35.8. The van der Waals surface area contributed by atoms with Crippen molar-refractivity contribution in [3.05, 3.63) is 0 Å². The Labute approximate surface area is 100 Å². The van der Waals surface area contributed by atoms with E-state index in [1.807, 2.05) is 0 Å². The number of ether oxygens (including phenoxy) is 1. The summed E-state index contributed by atoms with van der Waals surface area (Å²) in [5, 5.41) is 0. The van der Waals surface area contributed by atoms with Gasteiger partial charge in [-0.25, -0.2) is 0 Å². The lowest BCUT2D eigenvalue weighted by atomic mass is 9.90. The Balaban J connectivity index is 1.76. The van der Waals surface area contributed by atoms with E-state index >= 15 is 0 Å². The summed E-state index contributed by atoms with van der Waals surface area (Å²) in [5.41, 5.74) is 0. The Morgan fingerprint density at radius 3 is 2.29 bits per heavy atom. The van der Waals surface area contributed by atoms with Gasteiger partial charge in [0.2, 0.25) is 0 Å². The van der Waals surface area contributed by atoms with E-state index in [1.54, 1.807) is 0 Å². The highest BCUT2D eigenvalue weighted by Gasteiger charge is 2.26. The minimum absolute atomic E-state index is 0.757. The number of nitrogens with zero attached hydrogens (tertiary/aromatic N) is 1. The summed E-state index contributed by atoms with van der Waals surface area (Å²) in [5.74, 6) is 0. The molecule has 2 aliphatic rings. The summed E-state index contributed by atoms with van der Waals surface area (Å²) in [6.45, 7) is 4.16. The molecule has 1 aliphatic heterocycles. The summed E-state index contributed by atoms with van der Waals surface area (Å²) in [6, 6.07) is 1.59. The fourth-order valence-electron chi connectivity index (χ4n) is 2.49. The number of halogens is 1. The SMILES string of the molecule is INC1CCC(N2CCOCC2)CC1. The van der Waals surface area contributed by atoms with E-state index in [0.29, 0.717) is 0 Å². The van der Waals surface area contributed by atoms with Crippen molar-refractivity contribution >= 4 is 22.9 Å². The van der Waals surface area contributed by atoms with Crippen LogP contribution in [0.3, 0.4) is 0 Å². The summed E-state index contributed by atoms with van der Waals surface area (Å²) in [7, 11) is 0. The van der Waals surface area contributed by atoms with Crippen molar-refractivity contribution in [1.29, 1.82) is 0 Å². The fourth-order valence-corrected chi connectivity index (χ4v) is 3.12. The lowest BCUT2D eigenvalue weighted by Crippen LogP contribution is -2.46. The van der Waals surface area contributed by atoms with E-state index in [4.69, 9.17) is 4.74 Å². The molecule has 2 rings (SSSR count). The molecule has 0 aromatic rings. The smallest absolute Gasteiger partial charge is 0.0594 e. The predicted molar refractivity (Wildman–Crippen MR) is 65.6 cm³/mol. The van der Waals surface area contributed by atoms with Gasteiger partial charge in [0, 0.05) is 48.0 Å². The molecule has 1 aliphatic carbocycles. The first-order chi connectivity index (χ1) is 6.90. The van der Waals surface area contributed by atoms with Gasteiger partial charge in [-0.3, -0.25) is 8.43 Å². The van der Waals surface area contributed by atoms with Crippen LogP contribution in [0.1, 0.15) is 25.7 Å². The van der Waals surface area contributed by atoms with Crippen LogP contribution in [0, 0.1) is 0 Å². The second kappa shape index (κ2) is 5.63. The molecule has 0 amide bonds. The first-order valence-electron chi connectivity index (χ1n) is 5.58. The number of hydrogen-bond donors (Lipinski definition) is 1. The average Bonchev–Trinajstić information content (AvgIpc) is 2.30. The Morgan fingerprint density at radius 1 is 1.07 bits per heavy atom. The van der Waals surface area contributed by atoms with Crippen LogP contribution in [0.25, 0.3) is 0 Å². The minimum Gasteiger partial charge on any atom is -0.379 e. The molecule has 14 heavy (non-hydrogen) atoms. The standard InChI is InChI=1S/C10H19IN2O/c11-12-9-1-3-10(4-2-9)13-5-7-14-8-6-13/h9-10,12H,1-8H2. The van der Waals surface area contributed by atoms with Crippen molar-refractivity contribution < 1.29 is 4.74 Å². The first kappa shape index (κ1) is 11.1. The van der Waals surface area contributed by atoms with E-state index in [9.17, 15) is 0 Å².